The first-order valence-electron chi connectivity index (χ1n) is 24.6. The van der Waals surface area contributed by atoms with Gasteiger partial charge in [-0.25, -0.2) is 4.89 Å². The molecule has 0 amide bonds. The molecule has 7 rings (SSSR count). The maximum absolute atomic E-state index is 12.7. The molecule has 7 fully saturated rings. The lowest BCUT2D eigenvalue weighted by molar-refractivity contribution is -0.378. The van der Waals surface area contributed by atoms with Gasteiger partial charge in [-0.15, -0.1) is 0 Å². The summed E-state index contributed by atoms with van der Waals surface area (Å²) in [6, 6.07) is 0. The molecule has 394 valence electrons. The summed E-state index contributed by atoms with van der Waals surface area (Å²) in [5.74, 6) is -0.483. The molecule has 68 heavy (non-hydrogen) atoms. The summed E-state index contributed by atoms with van der Waals surface area (Å²) in [6.45, 7) is 14.5. The maximum atomic E-state index is 12.7. The summed E-state index contributed by atoms with van der Waals surface area (Å²) in [7, 11) is 0. The van der Waals surface area contributed by atoms with Crippen LogP contribution in [-0.2, 0) is 33.3 Å². The molecule has 0 aromatic rings. The van der Waals surface area contributed by atoms with Crippen LogP contribution in [0.15, 0.2) is 12.2 Å². The Morgan fingerprint density at radius 2 is 1.12 bits per heavy atom. The first-order valence-corrected chi connectivity index (χ1v) is 24.6. The van der Waals surface area contributed by atoms with Gasteiger partial charge in [-0.1, -0.05) is 46.8 Å². The molecule has 7 aliphatic rings. The van der Waals surface area contributed by atoms with E-state index < -0.39 is 146 Å². The fraction of sp³-hybridized carbons (Fsp3) is 0.958. The number of hydrogen-bond donors (Lipinski definition) is 13. The van der Waals surface area contributed by atoms with Crippen LogP contribution in [0.4, 0.5) is 0 Å². The molecule has 0 aromatic heterocycles. The molecule has 4 aliphatic carbocycles. The van der Waals surface area contributed by atoms with Crippen LogP contribution in [0.1, 0.15) is 107 Å². The summed E-state index contributed by atoms with van der Waals surface area (Å²) in [4.78, 5) is 4.67. The Balaban J connectivity index is 1.14. The third-order valence-corrected chi connectivity index (χ3v) is 18.9. The van der Waals surface area contributed by atoms with Crippen LogP contribution in [0.3, 0.4) is 0 Å². The zero-order valence-electron chi connectivity index (χ0n) is 40.7. The second-order valence-electron chi connectivity index (χ2n) is 23.4. The molecular weight excluding hydrogens is 897 g/mol. The van der Waals surface area contributed by atoms with Gasteiger partial charge in [-0.05, 0) is 117 Å². The van der Waals surface area contributed by atoms with E-state index in [9.17, 15) is 66.5 Å². The molecule has 13 N–H and O–H groups in total. The average Bonchev–Trinajstić information content (AvgIpc) is 3.68. The van der Waals surface area contributed by atoms with Gasteiger partial charge in [0.05, 0.1) is 37.6 Å². The third-order valence-electron chi connectivity index (χ3n) is 18.9. The van der Waals surface area contributed by atoms with E-state index in [1.165, 1.54) is 0 Å². The summed E-state index contributed by atoms with van der Waals surface area (Å²) >= 11 is 0. The Bertz CT molecular complexity index is 1730. The maximum Gasteiger partial charge on any atom is 0.187 e. The Kier molecular flexibility index (Phi) is 16.1. The van der Waals surface area contributed by atoms with Crippen molar-refractivity contribution in [2.24, 2.45) is 45.3 Å². The summed E-state index contributed by atoms with van der Waals surface area (Å²) in [5.41, 5.74) is -3.73. The standard InChI is InChI=1S/C48H82O20/c1-43(2,68-61)13-9-14-48(8,67-41-38(60)35(57)32(54)25(20-50)63-41)22-10-16-47(7)30(22)23(52)18-28-45(5)15-12-29(44(3,4)27(45)11-17-46(28,47)6)65-42-39(36(58)33(55)26(21-51)64-42)66-40-37(59)34(56)31(53)24(19-49)62-40/h9,13,22-42,49-61H,10-12,14-21H2,1-8H3/b13-9+/t22-,23+,24+,25+,26+,27-,28+,29-,30-,31+,32+,33+,34-,35-,36-,37+,38+,39+,40-,41-,42-,45-,46+,47+,48+/m0/s1. The van der Waals surface area contributed by atoms with Gasteiger partial charge in [-0.3, -0.25) is 5.26 Å². The lowest BCUT2D eigenvalue weighted by atomic mass is 9.35. The normalized spacial score (nSPS) is 51.7. The number of fused-ring (bicyclic) bond motifs is 5. The number of rotatable bonds is 14. The number of aliphatic hydroxyl groups is 12. The predicted molar refractivity (Wildman–Crippen MR) is 236 cm³/mol. The highest BCUT2D eigenvalue weighted by Gasteiger charge is 2.72. The minimum atomic E-state index is -1.81. The average molecular weight is 979 g/mol. The highest BCUT2D eigenvalue weighted by atomic mass is 17.1. The van der Waals surface area contributed by atoms with E-state index in [0.717, 1.165) is 19.3 Å². The van der Waals surface area contributed by atoms with Crippen LogP contribution >= 0.6 is 0 Å². The van der Waals surface area contributed by atoms with Gasteiger partial charge < -0.3 is 89.7 Å². The van der Waals surface area contributed by atoms with E-state index in [2.05, 4.69) is 39.5 Å². The van der Waals surface area contributed by atoms with Crippen molar-refractivity contribution in [3.05, 3.63) is 12.2 Å². The molecule has 4 saturated carbocycles. The zero-order chi connectivity index (χ0) is 50.3. The van der Waals surface area contributed by atoms with Crippen LogP contribution < -0.4 is 0 Å². The van der Waals surface area contributed by atoms with Gasteiger partial charge in [-0.2, -0.15) is 0 Å². The first-order chi connectivity index (χ1) is 31.7. The second-order valence-corrected chi connectivity index (χ2v) is 23.4. The monoisotopic (exact) mass is 979 g/mol. The van der Waals surface area contributed by atoms with E-state index in [4.69, 9.17) is 28.4 Å². The summed E-state index contributed by atoms with van der Waals surface area (Å²) in [6.07, 6.45) is -16.0. The van der Waals surface area contributed by atoms with Crippen molar-refractivity contribution < 1.29 is 99.8 Å². The Morgan fingerprint density at radius 3 is 1.69 bits per heavy atom. The SMILES string of the molecule is CC(C)(/C=C/C[C@@](C)(O[C@@H]1O[C@H](CO)[C@@H](O)[C@H](O)[C@H]1O)[C@H]1CC[C@]2(C)[C@@H]1[C@H](O)C[C@@H]1[C@@]3(C)CC[C@H](O[C@@H]4O[C@H](CO)[C@@H](O)[C@H](O)[C@H]4O[C@@H]4O[C@H](CO)[C@@H](O)[C@H](O)[C@H]4O)C(C)(C)[C@@H]3CC[C@]12C)OO. The lowest BCUT2D eigenvalue weighted by Crippen LogP contribution is -2.68. The Labute approximate surface area is 398 Å². The molecule has 20 nitrogen and oxygen atoms in total. The van der Waals surface area contributed by atoms with Crippen molar-refractivity contribution in [1.29, 1.82) is 0 Å². The van der Waals surface area contributed by atoms with Crippen LogP contribution in [0, 0.1) is 45.3 Å². The Hall–Kier alpha value is -1.06. The van der Waals surface area contributed by atoms with Gasteiger partial charge in [0, 0.05) is 0 Å². The van der Waals surface area contributed by atoms with Crippen LogP contribution in [0.2, 0.25) is 0 Å². The second kappa shape index (κ2) is 20.0. The molecule has 20 heteroatoms. The van der Waals surface area contributed by atoms with Crippen LogP contribution in [0.5, 0.6) is 0 Å². The lowest BCUT2D eigenvalue weighted by Gasteiger charge is -2.71. The van der Waals surface area contributed by atoms with Crippen molar-refractivity contribution in [3.8, 4) is 0 Å². The quantitative estimate of drug-likeness (QED) is 0.0449. The highest BCUT2D eigenvalue weighted by molar-refractivity contribution is 5.21. The van der Waals surface area contributed by atoms with Crippen molar-refractivity contribution in [2.75, 3.05) is 19.8 Å². The smallest absolute Gasteiger partial charge is 0.187 e. The van der Waals surface area contributed by atoms with Crippen molar-refractivity contribution in [1.82, 2.24) is 0 Å². The number of aliphatic hydroxyl groups excluding tert-OH is 12. The van der Waals surface area contributed by atoms with Crippen LogP contribution in [0.25, 0.3) is 0 Å². The molecule has 0 spiro atoms. The molecular formula is C48H82O20. The molecule has 3 saturated heterocycles. The molecule has 0 radical (unpaired) electrons. The topological polar surface area (TPSA) is 328 Å². The van der Waals surface area contributed by atoms with Gasteiger partial charge in [0.1, 0.15) is 78.8 Å². The van der Waals surface area contributed by atoms with Crippen molar-refractivity contribution >= 4 is 0 Å². The van der Waals surface area contributed by atoms with Gasteiger partial charge in [0.25, 0.3) is 0 Å². The summed E-state index contributed by atoms with van der Waals surface area (Å²) < 4.78 is 37.1. The van der Waals surface area contributed by atoms with E-state index in [1.54, 1.807) is 19.9 Å². The van der Waals surface area contributed by atoms with E-state index >= 15 is 0 Å². The van der Waals surface area contributed by atoms with Gasteiger partial charge in [0.15, 0.2) is 18.9 Å². The van der Waals surface area contributed by atoms with Crippen LogP contribution in [-0.4, -0.2) is 202 Å². The highest BCUT2D eigenvalue weighted by Crippen LogP contribution is 2.76. The molecule has 0 aromatic carbocycles. The molecule has 3 heterocycles. The largest absolute Gasteiger partial charge is 0.394 e. The van der Waals surface area contributed by atoms with E-state index in [1.807, 2.05) is 13.0 Å². The van der Waals surface area contributed by atoms with Crippen molar-refractivity contribution in [3.63, 3.8) is 0 Å². The van der Waals surface area contributed by atoms with Crippen molar-refractivity contribution in [2.45, 2.75) is 222 Å². The fourth-order valence-corrected chi connectivity index (χ4v) is 14.8. The molecule has 0 unspecified atom stereocenters. The molecule has 0 bridgehead atoms. The fourth-order valence-electron chi connectivity index (χ4n) is 14.8. The third kappa shape index (κ3) is 9.19. The number of ether oxygens (including phenoxy) is 6. The minimum Gasteiger partial charge on any atom is -0.394 e. The molecule has 25 atom stereocenters. The Morgan fingerprint density at radius 1 is 0.588 bits per heavy atom. The first kappa shape index (κ1) is 54.7. The zero-order valence-corrected chi connectivity index (χ0v) is 40.7. The van der Waals surface area contributed by atoms with Gasteiger partial charge in [0.2, 0.25) is 0 Å². The van der Waals surface area contributed by atoms with E-state index in [0.29, 0.717) is 25.7 Å². The predicted octanol–water partition coefficient (Wildman–Crippen LogP) is -0.559. The summed E-state index contributed by atoms with van der Waals surface area (Å²) in [5, 5.41) is 139. The van der Waals surface area contributed by atoms with E-state index in [-0.39, 0.29) is 40.9 Å². The minimum absolute atomic E-state index is 0.0490. The molecule has 3 aliphatic heterocycles. The number of hydrogen-bond acceptors (Lipinski definition) is 20. The van der Waals surface area contributed by atoms with Gasteiger partial charge >= 0.3 is 0 Å².